The fraction of sp³-hybridized carbons (Fsp3) is 0.417. The summed E-state index contributed by atoms with van der Waals surface area (Å²) in [6.07, 6.45) is 1.47. The fourth-order valence-corrected chi connectivity index (χ4v) is 1.87. The van der Waals surface area contributed by atoms with E-state index in [-0.39, 0.29) is 11.5 Å². The molecule has 0 fully saturated rings. The first kappa shape index (κ1) is 14.2. The SMILES string of the molecule is CC(C)(C)[C@H](N)c1nc(-c2ncc(Cl)cc2Cl)no1. The summed E-state index contributed by atoms with van der Waals surface area (Å²) >= 11 is 11.8. The van der Waals surface area contributed by atoms with Crippen LogP contribution in [0.5, 0.6) is 0 Å². The van der Waals surface area contributed by atoms with Gasteiger partial charge in [0.1, 0.15) is 5.69 Å². The zero-order valence-electron chi connectivity index (χ0n) is 10.8. The van der Waals surface area contributed by atoms with Crippen LogP contribution >= 0.6 is 23.2 Å². The minimum Gasteiger partial charge on any atom is -0.337 e. The van der Waals surface area contributed by atoms with Crippen molar-refractivity contribution in [3.05, 3.63) is 28.2 Å². The van der Waals surface area contributed by atoms with Gasteiger partial charge >= 0.3 is 0 Å². The summed E-state index contributed by atoms with van der Waals surface area (Å²) in [5.74, 6) is 0.659. The van der Waals surface area contributed by atoms with Crippen LogP contribution in [0.25, 0.3) is 11.5 Å². The van der Waals surface area contributed by atoms with Gasteiger partial charge in [0.05, 0.1) is 16.1 Å². The van der Waals surface area contributed by atoms with E-state index in [0.717, 1.165) is 0 Å². The average molecular weight is 301 g/mol. The summed E-state index contributed by atoms with van der Waals surface area (Å²) in [6, 6.07) is 1.21. The van der Waals surface area contributed by atoms with Crippen molar-refractivity contribution in [2.75, 3.05) is 0 Å². The third-order valence-electron chi connectivity index (χ3n) is 2.66. The normalized spacial score (nSPS) is 13.6. The molecular weight excluding hydrogens is 287 g/mol. The maximum Gasteiger partial charge on any atom is 0.244 e. The van der Waals surface area contributed by atoms with Gasteiger partial charge in [0.2, 0.25) is 11.7 Å². The van der Waals surface area contributed by atoms with E-state index in [1.54, 1.807) is 6.07 Å². The zero-order chi connectivity index (χ0) is 14.2. The molecule has 0 aliphatic rings. The van der Waals surface area contributed by atoms with Gasteiger partial charge in [-0.25, -0.2) is 4.98 Å². The molecule has 2 heterocycles. The van der Waals surface area contributed by atoms with Crippen molar-refractivity contribution in [2.45, 2.75) is 26.8 Å². The van der Waals surface area contributed by atoms with Gasteiger partial charge in [-0.1, -0.05) is 49.1 Å². The van der Waals surface area contributed by atoms with Crippen molar-refractivity contribution >= 4 is 23.2 Å². The highest BCUT2D eigenvalue weighted by Gasteiger charge is 2.28. The fourth-order valence-electron chi connectivity index (χ4n) is 1.41. The highest BCUT2D eigenvalue weighted by molar-refractivity contribution is 6.35. The zero-order valence-corrected chi connectivity index (χ0v) is 12.3. The first-order valence-electron chi connectivity index (χ1n) is 5.69. The number of aromatic nitrogens is 3. The van der Waals surface area contributed by atoms with E-state index >= 15 is 0 Å². The van der Waals surface area contributed by atoms with Crippen LogP contribution < -0.4 is 5.73 Å². The molecule has 1 atom stereocenters. The predicted octanol–water partition coefficient (Wildman–Crippen LogP) is 3.48. The molecule has 0 amide bonds. The molecule has 7 heteroatoms. The van der Waals surface area contributed by atoms with Gasteiger partial charge in [-0.05, 0) is 11.5 Å². The number of nitrogens with two attached hydrogens (primary N) is 1. The van der Waals surface area contributed by atoms with Gasteiger partial charge in [0, 0.05) is 6.20 Å². The third kappa shape index (κ3) is 3.05. The number of rotatable bonds is 2. The number of hydrogen-bond donors (Lipinski definition) is 1. The number of nitrogens with zero attached hydrogens (tertiary/aromatic N) is 3. The second-order valence-electron chi connectivity index (χ2n) is 5.28. The van der Waals surface area contributed by atoms with Gasteiger partial charge in [0.15, 0.2) is 0 Å². The molecule has 0 aromatic carbocycles. The summed E-state index contributed by atoms with van der Waals surface area (Å²) in [5, 5.41) is 4.67. The quantitative estimate of drug-likeness (QED) is 0.918. The van der Waals surface area contributed by atoms with Crippen LogP contribution in [0.15, 0.2) is 16.8 Å². The molecule has 0 aliphatic carbocycles. The van der Waals surface area contributed by atoms with Crippen LogP contribution in [0.1, 0.15) is 32.7 Å². The molecule has 5 nitrogen and oxygen atoms in total. The molecule has 19 heavy (non-hydrogen) atoms. The summed E-state index contributed by atoms with van der Waals surface area (Å²) in [7, 11) is 0. The smallest absolute Gasteiger partial charge is 0.244 e. The molecule has 0 bridgehead atoms. The monoisotopic (exact) mass is 300 g/mol. The van der Waals surface area contributed by atoms with E-state index in [1.165, 1.54) is 6.20 Å². The second kappa shape index (κ2) is 5.07. The summed E-state index contributed by atoms with van der Waals surface area (Å²) in [6.45, 7) is 5.99. The Morgan fingerprint density at radius 1 is 1.32 bits per heavy atom. The molecule has 0 saturated carbocycles. The molecule has 0 aliphatic heterocycles. The lowest BCUT2D eigenvalue weighted by atomic mass is 9.87. The second-order valence-corrected chi connectivity index (χ2v) is 6.13. The van der Waals surface area contributed by atoms with E-state index in [2.05, 4.69) is 15.1 Å². The Morgan fingerprint density at radius 2 is 2.00 bits per heavy atom. The standard InChI is InChI=1S/C12H14Cl2N4O/c1-12(2,3)9(15)11-17-10(18-19-11)8-7(14)4-6(13)5-16-8/h4-5,9H,15H2,1-3H3/t9-/m1/s1. The molecule has 102 valence electrons. The minimum atomic E-state index is -0.361. The van der Waals surface area contributed by atoms with Gasteiger partial charge in [-0.15, -0.1) is 0 Å². The number of pyridine rings is 1. The molecule has 0 radical (unpaired) electrons. The molecular formula is C12H14Cl2N4O. The van der Waals surface area contributed by atoms with E-state index in [4.69, 9.17) is 33.5 Å². The Labute approximate surface area is 121 Å². The summed E-state index contributed by atoms with van der Waals surface area (Å²) in [5.41, 5.74) is 6.29. The van der Waals surface area contributed by atoms with Crippen molar-refractivity contribution in [3.63, 3.8) is 0 Å². The molecule has 0 spiro atoms. The Balaban J connectivity index is 2.36. The van der Waals surface area contributed by atoms with Crippen LogP contribution in [0.3, 0.4) is 0 Å². The lowest BCUT2D eigenvalue weighted by Gasteiger charge is -2.23. The maximum absolute atomic E-state index is 6.05. The van der Waals surface area contributed by atoms with Crippen molar-refractivity contribution in [3.8, 4) is 11.5 Å². The Kier molecular flexibility index (Phi) is 3.80. The van der Waals surface area contributed by atoms with Gasteiger partial charge in [0.25, 0.3) is 0 Å². The Hall–Kier alpha value is -1.17. The van der Waals surface area contributed by atoms with Crippen LogP contribution in [0.2, 0.25) is 10.0 Å². The first-order chi connectivity index (χ1) is 8.79. The van der Waals surface area contributed by atoms with Crippen molar-refractivity contribution in [2.24, 2.45) is 11.1 Å². The van der Waals surface area contributed by atoms with E-state index in [9.17, 15) is 0 Å². The Bertz CT molecular complexity index is 592. The van der Waals surface area contributed by atoms with Gasteiger partial charge < -0.3 is 10.3 Å². The van der Waals surface area contributed by atoms with Crippen LogP contribution in [0, 0.1) is 5.41 Å². The largest absolute Gasteiger partial charge is 0.337 e. The van der Waals surface area contributed by atoms with Gasteiger partial charge in [-0.3, -0.25) is 0 Å². The van der Waals surface area contributed by atoms with E-state index in [1.807, 2.05) is 20.8 Å². The van der Waals surface area contributed by atoms with Gasteiger partial charge in [-0.2, -0.15) is 4.98 Å². The third-order valence-corrected chi connectivity index (χ3v) is 3.16. The minimum absolute atomic E-state index is 0.180. The van der Waals surface area contributed by atoms with Crippen molar-refractivity contribution in [1.29, 1.82) is 0 Å². The van der Waals surface area contributed by atoms with Crippen LogP contribution in [0.4, 0.5) is 0 Å². The van der Waals surface area contributed by atoms with E-state index < -0.39 is 0 Å². The van der Waals surface area contributed by atoms with Crippen LogP contribution in [-0.4, -0.2) is 15.1 Å². The predicted molar refractivity (Wildman–Crippen MR) is 73.9 cm³/mol. The summed E-state index contributed by atoms with van der Waals surface area (Å²) < 4.78 is 5.17. The average Bonchev–Trinajstić information content (AvgIpc) is 2.75. The molecule has 2 aromatic rings. The number of halogens is 2. The molecule has 0 unspecified atom stereocenters. The molecule has 2 aromatic heterocycles. The lowest BCUT2D eigenvalue weighted by Crippen LogP contribution is -2.26. The number of hydrogen-bond acceptors (Lipinski definition) is 5. The molecule has 2 N–H and O–H groups in total. The first-order valence-corrected chi connectivity index (χ1v) is 6.45. The van der Waals surface area contributed by atoms with E-state index in [0.29, 0.717) is 27.5 Å². The van der Waals surface area contributed by atoms with Crippen molar-refractivity contribution in [1.82, 2.24) is 15.1 Å². The Morgan fingerprint density at radius 3 is 2.58 bits per heavy atom. The highest BCUT2D eigenvalue weighted by Crippen LogP contribution is 2.31. The molecule has 0 saturated heterocycles. The molecule has 2 rings (SSSR count). The van der Waals surface area contributed by atoms with Crippen LogP contribution in [-0.2, 0) is 0 Å². The maximum atomic E-state index is 6.05. The topological polar surface area (TPSA) is 77.8 Å². The summed E-state index contributed by atoms with van der Waals surface area (Å²) in [4.78, 5) is 8.34. The highest BCUT2D eigenvalue weighted by atomic mass is 35.5. The van der Waals surface area contributed by atoms with Crippen molar-refractivity contribution < 1.29 is 4.52 Å². The lowest BCUT2D eigenvalue weighted by molar-refractivity contribution is 0.253.